The Hall–Kier alpha value is -4.14. The maximum atomic E-state index is 12.4. The van der Waals surface area contributed by atoms with Gasteiger partial charge in [0.1, 0.15) is 11.3 Å². The second-order valence-corrected chi connectivity index (χ2v) is 7.39. The predicted octanol–water partition coefficient (Wildman–Crippen LogP) is 3.21. The number of aromatic nitrogens is 3. The summed E-state index contributed by atoms with van der Waals surface area (Å²) in [4.78, 5) is 30.1. The van der Waals surface area contributed by atoms with E-state index in [0.29, 0.717) is 29.0 Å². The number of carbonyl (C=O) groups excluding carboxylic acids is 1. The van der Waals surface area contributed by atoms with E-state index in [1.165, 1.54) is 0 Å². The van der Waals surface area contributed by atoms with Crippen molar-refractivity contribution in [3.63, 3.8) is 0 Å². The fraction of sp³-hybridized carbons (Fsp3) is 0.217. The molecule has 0 unspecified atom stereocenters. The first-order chi connectivity index (χ1) is 15.7. The first kappa shape index (κ1) is 19.8. The summed E-state index contributed by atoms with van der Waals surface area (Å²) in [6.07, 6.45) is 3.24. The van der Waals surface area contributed by atoms with Crippen LogP contribution in [0.1, 0.15) is 10.4 Å². The molecule has 0 radical (unpaired) electrons. The fourth-order valence-corrected chi connectivity index (χ4v) is 3.59. The molecule has 162 valence electrons. The number of nitrogens with one attached hydrogen (secondary N) is 1. The lowest BCUT2D eigenvalue weighted by atomic mass is 10.2. The highest BCUT2D eigenvalue weighted by atomic mass is 16.4. The Labute approximate surface area is 184 Å². The van der Waals surface area contributed by atoms with E-state index in [2.05, 4.69) is 30.1 Å². The number of carbonyl (C=O) groups is 1. The first-order valence-electron chi connectivity index (χ1n) is 10.3. The zero-order valence-electron chi connectivity index (χ0n) is 17.6. The monoisotopic (exact) mass is 429 g/mol. The quantitative estimate of drug-likeness (QED) is 0.517. The van der Waals surface area contributed by atoms with E-state index in [4.69, 9.17) is 9.15 Å². The van der Waals surface area contributed by atoms with E-state index >= 15 is 0 Å². The van der Waals surface area contributed by atoms with Crippen LogP contribution >= 0.6 is 0 Å². The highest BCUT2D eigenvalue weighted by Gasteiger charge is 2.22. The molecule has 3 heterocycles. The van der Waals surface area contributed by atoms with E-state index in [1.807, 2.05) is 24.3 Å². The standard InChI is InChI=1S/C23H22N6O3/c1-31-18-8-6-16(7-9-18)21(30)26-17-14-24-22(25-15-17)28-10-12-29(13-11-28)23-27-19-4-2-3-5-20(19)32-23/h2-9,14-15H,10-13H2,1H3,(H,26,30)/i1-1. The molecule has 0 saturated carbocycles. The molecule has 1 aliphatic rings. The molecule has 0 bridgehead atoms. The van der Waals surface area contributed by atoms with Gasteiger partial charge in [0, 0.05) is 31.7 Å². The number of rotatable bonds is 5. The van der Waals surface area contributed by atoms with Gasteiger partial charge in [0.05, 0.1) is 25.2 Å². The molecule has 2 aromatic heterocycles. The Morgan fingerprint density at radius 2 is 1.66 bits per heavy atom. The summed E-state index contributed by atoms with van der Waals surface area (Å²) in [6, 6.07) is 15.3. The number of piperazine rings is 1. The molecule has 1 N–H and O–H groups in total. The second-order valence-electron chi connectivity index (χ2n) is 7.39. The number of anilines is 3. The normalized spacial score (nSPS) is 13.9. The van der Waals surface area contributed by atoms with Gasteiger partial charge < -0.3 is 24.3 Å². The van der Waals surface area contributed by atoms with Gasteiger partial charge in [0.25, 0.3) is 11.9 Å². The summed E-state index contributed by atoms with van der Waals surface area (Å²) in [5.41, 5.74) is 2.73. The third-order valence-corrected chi connectivity index (χ3v) is 5.36. The third-order valence-electron chi connectivity index (χ3n) is 5.36. The van der Waals surface area contributed by atoms with Crippen LogP contribution in [0.2, 0.25) is 0 Å². The minimum atomic E-state index is -0.226. The number of methoxy groups -OCH3 is 1. The molecule has 5 rings (SSSR count). The molecule has 32 heavy (non-hydrogen) atoms. The van der Waals surface area contributed by atoms with Crippen LogP contribution < -0.4 is 19.9 Å². The predicted molar refractivity (Wildman–Crippen MR) is 121 cm³/mol. The number of hydrogen-bond acceptors (Lipinski definition) is 8. The summed E-state index contributed by atoms with van der Waals surface area (Å²) >= 11 is 0. The van der Waals surface area contributed by atoms with E-state index < -0.39 is 0 Å². The van der Waals surface area contributed by atoms with Crippen molar-refractivity contribution in [3.8, 4) is 5.75 Å². The molecular weight excluding hydrogens is 407 g/mol. The highest BCUT2D eigenvalue weighted by molar-refractivity contribution is 6.04. The van der Waals surface area contributed by atoms with Gasteiger partial charge in [-0.2, -0.15) is 4.98 Å². The lowest BCUT2D eigenvalue weighted by Crippen LogP contribution is -2.47. The molecule has 9 heteroatoms. The summed E-state index contributed by atoms with van der Waals surface area (Å²) in [7, 11) is 1.59. The van der Waals surface area contributed by atoms with Crippen LogP contribution in [0.3, 0.4) is 0 Å². The minimum absolute atomic E-state index is 0.226. The van der Waals surface area contributed by atoms with Crippen LogP contribution in [0.5, 0.6) is 5.75 Å². The fourth-order valence-electron chi connectivity index (χ4n) is 3.59. The van der Waals surface area contributed by atoms with Crippen molar-refractivity contribution >= 4 is 34.7 Å². The summed E-state index contributed by atoms with van der Waals surface area (Å²) in [6.45, 7) is 3.00. The highest BCUT2D eigenvalue weighted by Crippen LogP contribution is 2.23. The van der Waals surface area contributed by atoms with Crippen LogP contribution in [0.25, 0.3) is 11.1 Å². The Balaban J connectivity index is 1.18. The van der Waals surface area contributed by atoms with Crippen LogP contribution in [0.15, 0.2) is 65.3 Å². The largest absolute Gasteiger partial charge is 0.497 e. The molecule has 4 aromatic rings. The number of amides is 1. The molecule has 1 aliphatic heterocycles. The molecule has 0 aliphatic carbocycles. The SMILES string of the molecule is [11CH3]Oc1ccc(C(=O)Nc2cnc(N3CCN(c4nc5ccccc5o4)CC3)nc2)cc1. The van der Waals surface area contributed by atoms with Gasteiger partial charge in [-0.15, -0.1) is 0 Å². The van der Waals surface area contributed by atoms with Gasteiger partial charge in [-0.25, -0.2) is 9.97 Å². The number of oxazole rings is 1. The molecule has 0 atom stereocenters. The van der Waals surface area contributed by atoms with Crippen molar-refractivity contribution in [2.75, 3.05) is 48.4 Å². The smallest absolute Gasteiger partial charge is 0.298 e. The molecule has 1 amide bonds. The average molecular weight is 429 g/mol. The van der Waals surface area contributed by atoms with Crippen LogP contribution in [0.4, 0.5) is 17.7 Å². The van der Waals surface area contributed by atoms with Crippen molar-refractivity contribution in [3.05, 3.63) is 66.5 Å². The van der Waals surface area contributed by atoms with Crippen LogP contribution in [-0.4, -0.2) is 54.1 Å². The number of fused-ring (bicyclic) bond motifs is 1. The number of para-hydroxylation sites is 2. The average Bonchev–Trinajstić information content (AvgIpc) is 3.29. The van der Waals surface area contributed by atoms with Crippen molar-refractivity contribution in [1.82, 2.24) is 15.0 Å². The lowest BCUT2D eigenvalue weighted by molar-refractivity contribution is 0.102. The Kier molecular flexibility index (Phi) is 5.29. The zero-order chi connectivity index (χ0) is 21.9. The van der Waals surface area contributed by atoms with Gasteiger partial charge in [-0.05, 0) is 36.4 Å². The van der Waals surface area contributed by atoms with Gasteiger partial charge in [0.15, 0.2) is 5.58 Å². The molecule has 1 saturated heterocycles. The molecule has 1 fully saturated rings. The van der Waals surface area contributed by atoms with E-state index in [-0.39, 0.29) is 5.91 Å². The van der Waals surface area contributed by atoms with E-state index in [0.717, 1.165) is 37.3 Å². The summed E-state index contributed by atoms with van der Waals surface area (Å²) in [5, 5.41) is 2.81. The molecule has 2 aromatic carbocycles. The van der Waals surface area contributed by atoms with Gasteiger partial charge in [-0.1, -0.05) is 12.1 Å². The third kappa shape index (κ3) is 4.04. The lowest BCUT2D eigenvalue weighted by Gasteiger charge is -2.33. The van der Waals surface area contributed by atoms with Gasteiger partial charge in [-0.3, -0.25) is 4.79 Å². The van der Waals surface area contributed by atoms with E-state index in [1.54, 1.807) is 43.8 Å². The molecule has 0 spiro atoms. The molecule has 9 nitrogen and oxygen atoms in total. The van der Waals surface area contributed by atoms with Crippen molar-refractivity contribution < 1.29 is 13.9 Å². The number of nitrogens with zero attached hydrogens (tertiary/aromatic N) is 5. The van der Waals surface area contributed by atoms with Crippen molar-refractivity contribution in [2.24, 2.45) is 0 Å². The Morgan fingerprint density at radius 3 is 2.34 bits per heavy atom. The maximum absolute atomic E-state index is 12.4. The van der Waals surface area contributed by atoms with Crippen molar-refractivity contribution in [2.45, 2.75) is 0 Å². The maximum Gasteiger partial charge on any atom is 0.298 e. The van der Waals surface area contributed by atoms with Crippen LogP contribution in [0, 0.1) is 0 Å². The summed E-state index contributed by atoms with van der Waals surface area (Å²) < 4.78 is 11.0. The first-order valence-corrected chi connectivity index (χ1v) is 10.3. The topological polar surface area (TPSA) is 96.6 Å². The van der Waals surface area contributed by atoms with Crippen molar-refractivity contribution in [1.29, 1.82) is 0 Å². The van der Waals surface area contributed by atoms with E-state index in [9.17, 15) is 4.79 Å². The molecular formula is C23H22N6O3. The van der Waals surface area contributed by atoms with Gasteiger partial charge in [0.2, 0.25) is 5.95 Å². The number of benzene rings is 2. The minimum Gasteiger partial charge on any atom is -0.497 e. The number of hydrogen-bond donors (Lipinski definition) is 1. The summed E-state index contributed by atoms with van der Waals surface area (Å²) in [5.74, 6) is 1.10. The van der Waals surface area contributed by atoms with Gasteiger partial charge >= 0.3 is 0 Å². The zero-order valence-corrected chi connectivity index (χ0v) is 17.6. The second kappa shape index (κ2) is 8.54. The number of ether oxygens (including phenoxy) is 1. The Morgan fingerprint density at radius 1 is 0.969 bits per heavy atom. The Bertz CT molecular complexity index is 1180. The van der Waals surface area contributed by atoms with Crippen LogP contribution in [-0.2, 0) is 0 Å².